The third kappa shape index (κ3) is 2.06. The Hall–Kier alpha value is -2.11. The van der Waals surface area contributed by atoms with Gasteiger partial charge in [0.2, 0.25) is 0 Å². The summed E-state index contributed by atoms with van der Waals surface area (Å²) in [6, 6.07) is 4.88. The minimum Gasteiger partial charge on any atom is -0.298 e. The van der Waals surface area contributed by atoms with Crippen LogP contribution in [0.4, 0.5) is 13.2 Å². The van der Waals surface area contributed by atoms with E-state index in [4.69, 9.17) is 0 Å². The number of aromatic nitrogens is 2. The normalized spacial score (nSPS) is 10.8. The molecule has 0 spiro atoms. The molecule has 0 unspecified atom stereocenters. The fraction of sp³-hybridized carbons (Fsp3) is 0.0909. The van der Waals surface area contributed by atoms with Crippen LogP contribution in [0.5, 0.6) is 0 Å². The Morgan fingerprint density at radius 2 is 1.88 bits per heavy atom. The highest BCUT2D eigenvalue weighted by Gasteiger charge is 2.20. The molecule has 6 heteroatoms. The number of aldehydes is 1. The molecule has 2 rings (SSSR count). The summed E-state index contributed by atoms with van der Waals surface area (Å²) in [7, 11) is 0. The molecule has 0 saturated heterocycles. The SMILES string of the molecule is O=Cc1cnn(-c2ccc(F)cc2)c1C(F)F. The Bertz CT molecular complexity index is 534. The van der Waals surface area contributed by atoms with Gasteiger partial charge in [0.15, 0.2) is 6.29 Å². The van der Waals surface area contributed by atoms with Crippen LogP contribution >= 0.6 is 0 Å². The second-order valence-electron chi connectivity index (χ2n) is 3.29. The Kier molecular flexibility index (Phi) is 2.95. The second kappa shape index (κ2) is 4.40. The molecule has 0 N–H and O–H groups in total. The number of hydrogen-bond acceptors (Lipinski definition) is 2. The lowest BCUT2D eigenvalue weighted by molar-refractivity contribution is 0.110. The lowest BCUT2D eigenvalue weighted by Crippen LogP contribution is -2.04. The summed E-state index contributed by atoms with van der Waals surface area (Å²) in [5.74, 6) is -0.477. The van der Waals surface area contributed by atoms with E-state index in [0.717, 1.165) is 23.0 Å². The average molecular weight is 240 g/mol. The van der Waals surface area contributed by atoms with Gasteiger partial charge in [0.05, 0.1) is 17.4 Å². The lowest BCUT2D eigenvalue weighted by Gasteiger charge is -2.06. The van der Waals surface area contributed by atoms with Crippen molar-refractivity contribution in [2.75, 3.05) is 0 Å². The fourth-order valence-corrected chi connectivity index (χ4v) is 1.47. The number of hydrogen-bond donors (Lipinski definition) is 0. The molecular weight excluding hydrogens is 233 g/mol. The molecule has 88 valence electrons. The van der Waals surface area contributed by atoms with E-state index in [1.54, 1.807) is 0 Å². The van der Waals surface area contributed by atoms with Crippen molar-refractivity contribution >= 4 is 6.29 Å². The van der Waals surface area contributed by atoms with E-state index in [2.05, 4.69) is 5.10 Å². The van der Waals surface area contributed by atoms with E-state index >= 15 is 0 Å². The van der Waals surface area contributed by atoms with Crippen molar-refractivity contribution in [3.05, 3.63) is 47.5 Å². The van der Waals surface area contributed by atoms with Gasteiger partial charge in [-0.1, -0.05) is 0 Å². The van der Waals surface area contributed by atoms with Crippen molar-refractivity contribution in [3.63, 3.8) is 0 Å². The van der Waals surface area contributed by atoms with Crippen molar-refractivity contribution in [1.82, 2.24) is 9.78 Å². The van der Waals surface area contributed by atoms with E-state index in [1.165, 1.54) is 12.1 Å². The molecule has 0 radical (unpaired) electrons. The first-order valence-electron chi connectivity index (χ1n) is 4.70. The summed E-state index contributed by atoms with van der Waals surface area (Å²) < 4.78 is 39.2. The molecular formula is C11H7F3N2O. The van der Waals surface area contributed by atoms with E-state index in [9.17, 15) is 18.0 Å². The predicted molar refractivity (Wildman–Crippen MR) is 53.9 cm³/mol. The number of nitrogens with zero attached hydrogens (tertiary/aromatic N) is 2. The third-order valence-corrected chi connectivity index (χ3v) is 2.24. The lowest BCUT2D eigenvalue weighted by atomic mass is 10.2. The van der Waals surface area contributed by atoms with Crippen LogP contribution in [0.15, 0.2) is 30.5 Å². The van der Waals surface area contributed by atoms with Gasteiger partial charge in [0.25, 0.3) is 6.43 Å². The monoisotopic (exact) mass is 240 g/mol. The number of alkyl halides is 2. The molecule has 1 heterocycles. The third-order valence-electron chi connectivity index (χ3n) is 2.24. The van der Waals surface area contributed by atoms with Crippen LogP contribution < -0.4 is 0 Å². The van der Waals surface area contributed by atoms with Gasteiger partial charge in [-0.2, -0.15) is 5.10 Å². The summed E-state index contributed by atoms with van der Waals surface area (Å²) in [6.45, 7) is 0. The standard InChI is InChI=1S/C11H7F3N2O/c12-8-1-3-9(4-2-8)16-10(11(13)14)7(6-17)5-15-16/h1-6,11H. The zero-order chi connectivity index (χ0) is 12.4. The number of halogens is 3. The number of carbonyl (C=O) groups is 1. The second-order valence-corrected chi connectivity index (χ2v) is 3.29. The van der Waals surface area contributed by atoms with Gasteiger partial charge in [0, 0.05) is 0 Å². The molecule has 0 bridgehead atoms. The van der Waals surface area contributed by atoms with Crippen LogP contribution in [0.2, 0.25) is 0 Å². The maximum Gasteiger partial charge on any atom is 0.281 e. The molecule has 0 aliphatic rings. The van der Waals surface area contributed by atoms with Gasteiger partial charge in [-0.05, 0) is 24.3 Å². The number of benzene rings is 1. The number of carbonyl (C=O) groups excluding carboxylic acids is 1. The zero-order valence-corrected chi connectivity index (χ0v) is 8.48. The summed E-state index contributed by atoms with van der Waals surface area (Å²) in [5.41, 5.74) is -0.397. The fourth-order valence-electron chi connectivity index (χ4n) is 1.47. The first-order valence-corrected chi connectivity index (χ1v) is 4.70. The molecule has 2 aromatic rings. The van der Waals surface area contributed by atoms with Crippen molar-refractivity contribution in [1.29, 1.82) is 0 Å². The first kappa shape index (κ1) is 11.4. The molecule has 0 saturated carbocycles. The minimum absolute atomic E-state index is 0.177. The molecule has 0 aliphatic carbocycles. The maximum absolute atomic E-state index is 12.8. The van der Waals surface area contributed by atoms with Crippen LogP contribution in [-0.2, 0) is 0 Å². The van der Waals surface area contributed by atoms with E-state index in [-0.39, 0.29) is 11.3 Å². The molecule has 0 atom stereocenters. The molecule has 3 nitrogen and oxygen atoms in total. The van der Waals surface area contributed by atoms with Gasteiger partial charge < -0.3 is 0 Å². The summed E-state index contributed by atoms with van der Waals surface area (Å²) in [4.78, 5) is 10.6. The largest absolute Gasteiger partial charge is 0.298 e. The van der Waals surface area contributed by atoms with Gasteiger partial charge >= 0.3 is 0 Å². The predicted octanol–water partition coefficient (Wildman–Crippen LogP) is 2.76. The highest BCUT2D eigenvalue weighted by molar-refractivity contribution is 5.76. The van der Waals surface area contributed by atoms with Crippen LogP contribution in [-0.4, -0.2) is 16.1 Å². The highest BCUT2D eigenvalue weighted by atomic mass is 19.3. The van der Waals surface area contributed by atoms with Crippen LogP contribution in [0.25, 0.3) is 5.69 Å². The summed E-state index contributed by atoms with van der Waals surface area (Å²) in [5, 5.41) is 3.69. The van der Waals surface area contributed by atoms with Crippen molar-refractivity contribution in [2.24, 2.45) is 0 Å². The molecule has 0 amide bonds. The zero-order valence-electron chi connectivity index (χ0n) is 8.48. The highest BCUT2D eigenvalue weighted by Crippen LogP contribution is 2.24. The molecule has 0 aliphatic heterocycles. The van der Waals surface area contributed by atoms with E-state index in [0.29, 0.717) is 6.29 Å². The van der Waals surface area contributed by atoms with Gasteiger partial charge in [0.1, 0.15) is 11.5 Å². The molecule has 0 fully saturated rings. The molecule has 1 aromatic heterocycles. The Labute approximate surface area is 94.5 Å². The van der Waals surface area contributed by atoms with Crippen LogP contribution in [0.1, 0.15) is 22.5 Å². The van der Waals surface area contributed by atoms with Crippen molar-refractivity contribution < 1.29 is 18.0 Å². The maximum atomic E-state index is 12.8. The summed E-state index contributed by atoms with van der Waals surface area (Å²) in [6.07, 6.45) is -1.46. The Balaban J connectivity index is 2.55. The van der Waals surface area contributed by atoms with Gasteiger partial charge in [-0.25, -0.2) is 17.9 Å². The Morgan fingerprint density at radius 3 is 2.41 bits per heavy atom. The van der Waals surface area contributed by atoms with Gasteiger partial charge in [-0.3, -0.25) is 4.79 Å². The quantitative estimate of drug-likeness (QED) is 0.773. The topological polar surface area (TPSA) is 34.9 Å². The first-order chi connectivity index (χ1) is 8.13. The minimum atomic E-state index is -2.83. The Morgan fingerprint density at radius 1 is 1.24 bits per heavy atom. The average Bonchev–Trinajstić information content (AvgIpc) is 2.73. The van der Waals surface area contributed by atoms with E-state index < -0.39 is 17.9 Å². The molecule has 17 heavy (non-hydrogen) atoms. The molecule has 1 aromatic carbocycles. The summed E-state index contributed by atoms with van der Waals surface area (Å²) >= 11 is 0. The van der Waals surface area contributed by atoms with Crippen LogP contribution in [0, 0.1) is 5.82 Å². The van der Waals surface area contributed by atoms with Gasteiger partial charge in [-0.15, -0.1) is 0 Å². The smallest absolute Gasteiger partial charge is 0.281 e. The van der Waals surface area contributed by atoms with E-state index in [1.807, 2.05) is 0 Å². The number of rotatable bonds is 3. The van der Waals surface area contributed by atoms with Crippen LogP contribution in [0.3, 0.4) is 0 Å². The van der Waals surface area contributed by atoms with Crippen molar-refractivity contribution in [2.45, 2.75) is 6.43 Å². The van der Waals surface area contributed by atoms with Crippen molar-refractivity contribution in [3.8, 4) is 5.69 Å².